The molecule has 1 saturated heterocycles. The van der Waals surface area contributed by atoms with Crippen molar-refractivity contribution in [2.45, 2.75) is 51.6 Å². The van der Waals surface area contributed by atoms with Gasteiger partial charge in [0.15, 0.2) is 0 Å². The molecule has 0 aromatic heterocycles. The third-order valence-corrected chi connectivity index (χ3v) is 4.09. The summed E-state index contributed by atoms with van der Waals surface area (Å²) in [4.78, 5) is 17.0. The smallest absolute Gasteiger partial charge is 0.327 e. The molecule has 1 heterocycles. The van der Waals surface area contributed by atoms with Gasteiger partial charge in [0, 0.05) is 19.1 Å². The molecule has 0 spiro atoms. The lowest BCUT2D eigenvalue weighted by molar-refractivity contribution is -0.151. The van der Waals surface area contributed by atoms with Crippen molar-refractivity contribution < 1.29 is 9.53 Å². The zero-order valence-corrected chi connectivity index (χ0v) is 14.4. The summed E-state index contributed by atoms with van der Waals surface area (Å²) in [5.74, 6) is -0.131. The van der Waals surface area contributed by atoms with Crippen molar-refractivity contribution in [3.63, 3.8) is 0 Å². The van der Waals surface area contributed by atoms with E-state index in [1.54, 1.807) is 0 Å². The molecule has 5 heteroatoms. The molecule has 0 aliphatic carbocycles. The van der Waals surface area contributed by atoms with Crippen LogP contribution in [-0.4, -0.2) is 74.2 Å². The molecule has 1 N–H and O–H groups in total. The van der Waals surface area contributed by atoms with Crippen LogP contribution in [0.1, 0.15) is 40.0 Å². The Balaban J connectivity index is 2.72. The lowest BCUT2D eigenvalue weighted by atomic mass is 10.0. The van der Waals surface area contributed by atoms with Crippen molar-refractivity contribution in [3.8, 4) is 0 Å². The number of likely N-dealkylation sites (N-methyl/N-ethyl adjacent to an activating group) is 1. The molecular formula is C16H33N3O2. The fraction of sp³-hybridized carbons (Fsp3) is 0.938. The highest BCUT2D eigenvalue weighted by Gasteiger charge is 2.39. The van der Waals surface area contributed by atoms with Gasteiger partial charge in [0.05, 0.1) is 6.61 Å². The minimum absolute atomic E-state index is 0.131. The summed E-state index contributed by atoms with van der Waals surface area (Å²) >= 11 is 0. The molecule has 2 atom stereocenters. The Morgan fingerprint density at radius 2 is 2.14 bits per heavy atom. The summed E-state index contributed by atoms with van der Waals surface area (Å²) in [7, 11) is 4.22. The lowest BCUT2D eigenvalue weighted by Crippen LogP contribution is -2.59. The van der Waals surface area contributed by atoms with Gasteiger partial charge in [0.1, 0.15) is 5.54 Å². The maximum atomic E-state index is 12.4. The van der Waals surface area contributed by atoms with Crippen LogP contribution in [0.3, 0.4) is 0 Å². The van der Waals surface area contributed by atoms with Gasteiger partial charge in [-0.2, -0.15) is 0 Å². The van der Waals surface area contributed by atoms with Crippen molar-refractivity contribution in [2.75, 3.05) is 46.9 Å². The topological polar surface area (TPSA) is 44.8 Å². The second-order valence-electron chi connectivity index (χ2n) is 6.51. The molecule has 1 fully saturated rings. The average molecular weight is 299 g/mol. The van der Waals surface area contributed by atoms with Gasteiger partial charge < -0.3 is 15.0 Å². The van der Waals surface area contributed by atoms with Crippen LogP contribution in [0.25, 0.3) is 0 Å². The highest BCUT2D eigenvalue weighted by atomic mass is 16.5. The quantitative estimate of drug-likeness (QED) is 0.651. The fourth-order valence-electron chi connectivity index (χ4n) is 3.02. The van der Waals surface area contributed by atoms with Crippen LogP contribution in [0.15, 0.2) is 0 Å². The molecule has 0 aromatic carbocycles. The number of carbonyl (C=O) groups is 1. The van der Waals surface area contributed by atoms with Gasteiger partial charge in [0.2, 0.25) is 0 Å². The molecule has 1 aliphatic rings. The van der Waals surface area contributed by atoms with Crippen molar-refractivity contribution in [1.29, 1.82) is 0 Å². The van der Waals surface area contributed by atoms with Crippen molar-refractivity contribution in [1.82, 2.24) is 15.1 Å². The van der Waals surface area contributed by atoms with Crippen LogP contribution in [0.4, 0.5) is 0 Å². The van der Waals surface area contributed by atoms with E-state index >= 15 is 0 Å². The lowest BCUT2D eigenvalue weighted by Gasteiger charge is -2.36. The Bertz CT molecular complexity index is 323. The number of rotatable bonds is 9. The van der Waals surface area contributed by atoms with Gasteiger partial charge >= 0.3 is 5.97 Å². The van der Waals surface area contributed by atoms with E-state index in [0.29, 0.717) is 12.6 Å². The number of nitrogens with one attached hydrogen (secondary N) is 1. The molecule has 21 heavy (non-hydrogen) atoms. The molecule has 0 aromatic rings. The average Bonchev–Trinajstić information content (AvgIpc) is 2.83. The number of esters is 1. The van der Waals surface area contributed by atoms with E-state index in [9.17, 15) is 4.79 Å². The third kappa shape index (κ3) is 5.57. The minimum atomic E-state index is -0.610. The molecule has 0 amide bonds. The second-order valence-corrected chi connectivity index (χ2v) is 6.51. The van der Waals surface area contributed by atoms with E-state index in [4.69, 9.17) is 4.74 Å². The fourth-order valence-corrected chi connectivity index (χ4v) is 3.02. The van der Waals surface area contributed by atoms with Crippen LogP contribution in [0, 0.1) is 0 Å². The van der Waals surface area contributed by atoms with Crippen LogP contribution < -0.4 is 5.32 Å². The predicted molar refractivity (Wildman–Crippen MR) is 86.5 cm³/mol. The van der Waals surface area contributed by atoms with E-state index in [1.165, 1.54) is 12.8 Å². The van der Waals surface area contributed by atoms with E-state index in [0.717, 1.165) is 32.6 Å². The monoisotopic (exact) mass is 299 g/mol. The zero-order valence-electron chi connectivity index (χ0n) is 14.4. The van der Waals surface area contributed by atoms with Crippen LogP contribution >= 0.6 is 0 Å². The molecular weight excluding hydrogens is 266 g/mol. The Kier molecular flexibility index (Phi) is 7.63. The van der Waals surface area contributed by atoms with E-state index < -0.39 is 5.54 Å². The first-order chi connectivity index (χ1) is 9.92. The molecule has 5 nitrogen and oxygen atoms in total. The maximum Gasteiger partial charge on any atom is 0.327 e. The first kappa shape index (κ1) is 18.4. The summed E-state index contributed by atoms with van der Waals surface area (Å²) in [6.45, 7) is 10.1. The molecule has 1 aliphatic heterocycles. The zero-order chi connectivity index (χ0) is 15.9. The summed E-state index contributed by atoms with van der Waals surface area (Å²) in [6, 6.07) is 0.539. The molecule has 0 bridgehead atoms. The Hall–Kier alpha value is -0.650. The normalized spacial score (nSPS) is 22.5. The number of ether oxygens (including phenoxy) is 1. The van der Waals surface area contributed by atoms with Crippen molar-refractivity contribution >= 4 is 5.97 Å². The van der Waals surface area contributed by atoms with Gasteiger partial charge in [0.25, 0.3) is 0 Å². The number of carbonyl (C=O) groups excluding carboxylic acids is 1. The first-order valence-corrected chi connectivity index (χ1v) is 8.24. The summed E-state index contributed by atoms with van der Waals surface area (Å²) in [5, 5.41) is 3.40. The summed E-state index contributed by atoms with van der Waals surface area (Å²) in [5.41, 5.74) is -0.610. The molecule has 0 radical (unpaired) electrons. The number of hydrogen-bond acceptors (Lipinski definition) is 5. The second kappa shape index (κ2) is 8.71. The summed E-state index contributed by atoms with van der Waals surface area (Å²) < 4.78 is 5.29. The Morgan fingerprint density at radius 3 is 2.71 bits per heavy atom. The van der Waals surface area contributed by atoms with E-state index in [2.05, 4.69) is 36.1 Å². The van der Waals surface area contributed by atoms with Gasteiger partial charge in [-0.05, 0) is 60.3 Å². The van der Waals surface area contributed by atoms with Crippen LogP contribution in [0.2, 0.25) is 0 Å². The van der Waals surface area contributed by atoms with Gasteiger partial charge in [-0.15, -0.1) is 0 Å². The van der Waals surface area contributed by atoms with Gasteiger partial charge in [-0.25, -0.2) is 0 Å². The highest BCUT2D eigenvalue weighted by Crippen LogP contribution is 2.21. The van der Waals surface area contributed by atoms with E-state index in [-0.39, 0.29) is 5.97 Å². The number of hydrogen-bond donors (Lipinski definition) is 1. The number of likely N-dealkylation sites (tertiary alicyclic amines) is 1. The Morgan fingerprint density at radius 1 is 1.43 bits per heavy atom. The standard InChI is InChI=1S/C16H33N3O2/c1-6-10-17-16(3,15(20)21-7-2)13-19-11-8-9-14(19)12-18(4)5/h14,17H,6-13H2,1-5H3. The molecule has 0 saturated carbocycles. The van der Waals surface area contributed by atoms with Crippen molar-refractivity contribution in [2.24, 2.45) is 0 Å². The largest absolute Gasteiger partial charge is 0.465 e. The van der Waals surface area contributed by atoms with Gasteiger partial charge in [-0.1, -0.05) is 6.92 Å². The third-order valence-electron chi connectivity index (χ3n) is 4.09. The van der Waals surface area contributed by atoms with Crippen molar-refractivity contribution in [3.05, 3.63) is 0 Å². The van der Waals surface area contributed by atoms with Crippen LogP contribution in [0.5, 0.6) is 0 Å². The Labute approximate surface area is 130 Å². The molecule has 2 unspecified atom stereocenters. The first-order valence-electron chi connectivity index (χ1n) is 8.24. The van der Waals surface area contributed by atoms with Crippen LogP contribution in [-0.2, 0) is 9.53 Å². The molecule has 124 valence electrons. The maximum absolute atomic E-state index is 12.4. The molecule has 1 rings (SSSR count). The van der Waals surface area contributed by atoms with Gasteiger partial charge in [-0.3, -0.25) is 9.69 Å². The van der Waals surface area contributed by atoms with E-state index in [1.807, 2.05) is 13.8 Å². The highest BCUT2D eigenvalue weighted by molar-refractivity contribution is 5.80. The summed E-state index contributed by atoms with van der Waals surface area (Å²) in [6.07, 6.45) is 3.44. The SMILES string of the molecule is CCCNC(C)(CN1CCCC1CN(C)C)C(=O)OCC. The number of nitrogens with zero attached hydrogens (tertiary/aromatic N) is 2. The minimum Gasteiger partial charge on any atom is -0.465 e. The predicted octanol–water partition coefficient (Wildman–Crippen LogP) is 1.33.